The molecule has 7 heteroatoms. The van der Waals surface area contributed by atoms with Crippen LogP contribution in [-0.2, 0) is 16.1 Å². The molecule has 0 bridgehead atoms. The van der Waals surface area contributed by atoms with Crippen molar-refractivity contribution in [1.29, 1.82) is 0 Å². The van der Waals surface area contributed by atoms with Crippen molar-refractivity contribution in [2.75, 3.05) is 6.61 Å². The quantitative estimate of drug-likeness (QED) is 0.928. The SMILES string of the molecule is O=C(O)C1COC(=O)N1Cc1cc(Cl)cc(Cl)c1. The monoisotopic (exact) mass is 289 g/mol. The second kappa shape index (κ2) is 5.04. The zero-order chi connectivity index (χ0) is 13.3. The van der Waals surface area contributed by atoms with Crippen molar-refractivity contribution in [3.8, 4) is 0 Å². The van der Waals surface area contributed by atoms with Crippen LogP contribution in [0.4, 0.5) is 4.79 Å². The van der Waals surface area contributed by atoms with E-state index in [0.717, 1.165) is 4.90 Å². The molecule has 1 saturated heterocycles. The fraction of sp³-hybridized carbons (Fsp3) is 0.273. The summed E-state index contributed by atoms with van der Waals surface area (Å²) in [6.07, 6.45) is -0.654. The zero-order valence-corrected chi connectivity index (χ0v) is 10.6. The number of hydrogen-bond acceptors (Lipinski definition) is 3. The lowest BCUT2D eigenvalue weighted by atomic mass is 10.2. The summed E-state index contributed by atoms with van der Waals surface area (Å²) in [7, 11) is 0. The number of carboxylic acid groups (broad SMARTS) is 1. The molecule has 18 heavy (non-hydrogen) atoms. The third kappa shape index (κ3) is 2.68. The van der Waals surface area contributed by atoms with Crippen LogP contribution in [0.3, 0.4) is 0 Å². The first-order valence-electron chi connectivity index (χ1n) is 5.08. The average molecular weight is 290 g/mol. The van der Waals surface area contributed by atoms with E-state index in [0.29, 0.717) is 15.6 Å². The molecule has 0 aromatic heterocycles. The van der Waals surface area contributed by atoms with Gasteiger partial charge in [0, 0.05) is 10.0 Å². The Hall–Kier alpha value is -1.46. The molecule has 5 nitrogen and oxygen atoms in total. The van der Waals surface area contributed by atoms with Crippen LogP contribution < -0.4 is 0 Å². The second-order valence-corrected chi connectivity index (χ2v) is 4.71. The second-order valence-electron chi connectivity index (χ2n) is 3.84. The molecular formula is C11H9Cl2NO4. The summed E-state index contributed by atoms with van der Waals surface area (Å²) in [6, 6.07) is 3.83. The lowest BCUT2D eigenvalue weighted by Gasteiger charge is -2.18. The largest absolute Gasteiger partial charge is 0.480 e. The number of hydrogen-bond donors (Lipinski definition) is 1. The van der Waals surface area contributed by atoms with Crippen molar-refractivity contribution in [2.45, 2.75) is 12.6 Å². The van der Waals surface area contributed by atoms with Crippen LogP contribution >= 0.6 is 23.2 Å². The Morgan fingerprint density at radius 3 is 2.56 bits per heavy atom. The highest BCUT2D eigenvalue weighted by molar-refractivity contribution is 6.34. The maximum absolute atomic E-state index is 11.4. The Morgan fingerprint density at radius 1 is 1.39 bits per heavy atom. The highest BCUT2D eigenvalue weighted by atomic mass is 35.5. The van der Waals surface area contributed by atoms with Gasteiger partial charge in [-0.2, -0.15) is 0 Å². The topological polar surface area (TPSA) is 66.8 Å². The molecule has 0 aliphatic carbocycles. The van der Waals surface area contributed by atoms with Gasteiger partial charge in [-0.05, 0) is 23.8 Å². The lowest BCUT2D eigenvalue weighted by Crippen LogP contribution is -2.38. The van der Waals surface area contributed by atoms with E-state index >= 15 is 0 Å². The van der Waals surface area contributed by atoms with Gasteiger partial charge in [-0.3, -0.25) is 4.90 Å². The molecule has 96 valence electrons. The molecule has 1 aromatic rings. The standard InChI is InChI=1S/C11H9Cl2NO4/c12-7-1-6(2-8(13)3-7)4-14-9(10(15)16)5-18-11(14)17/h1-3,9H,4-5H2,(H,15,16). The van der Waals surface area contributed by atoms with Crippen LogP contribution in [0.1, 0.15) is 5.56 Å². The number of aliphatic carboxylic acids is 1. The molecule has 0 radical (unpaired) electrons. The lowest BCUT2D eigenvalue weighted by molar-refractivity contribution is -0.141. The molecular weight excluding hydrogens is 281 g/mol. The molecule has 0 spiro atoms. The molecule has 1 atom stereocenters. The number of benzene rings is 1. The Morgan fingerprint density at radius 2 is 2.00 bits per heavy atom. The number of halogens is 2. The summed E-state index contributed by atoms with van der Waals surface area (Å²) in [6.45, 7) is -0.0570. The van der Waals surface area contributed by atoms with E-state index < -0.39 is 18.1 Å². The summed E-state index contributed by atoms with van der Waals surface area (Å²) in [4.78, 5) is 23.5. The van der Waals surface area contributed by atoms with E-state index in [2.05, 4.69) is 0 Å². The summed E-state index contributed by atoms with van der Waals surface area (Å²) in [5.41, 5.74) is 0.651. The van der Waals surface area contributed by atoms with Crippen molar-refractivity contribution in [3.63, 3.8) is 0 Å². The number of carbonyl (C=O) groups excluding carboxylic acids is 1. The van der Waals surface area contributed by atoms with E-state index in [9.17, 15) is 9.59 Å². The smallest absolute Gasteiger partial charge is 0.411 e. The van der Waals surface area contributed by atoms with Crippen LogP contribution in [0.25, 0.3) is 0 Å². The minimum absolute atomic E-state index is 0.0933. The Bertz CT molecular complexity index is 486. The minimum atomic E-state index is -1.10. The highest BCUT2D eigenvalue weighted by Crippen LogP contribution is 2.22. The van der Waals surface area contributed by atoms with Crippen molar-refractivity contribution in [1.82, 2.24) is 4.90 Å². The van der Waals surface area contributed by atoms with Crippen molar-refractivity contribution in [3.05, 3.63) is 33.8 Å². The maximum Gasteiger partial charge on any atom is 0.411 e. The number of rotatable bonds is 3. The number of ether oxygens (including phenoxy) is 1. The van der Waals surface area contributed by atoms with Gasteiger partial charge in [0.15, 0.2) is 6.04 Å². The summed E-state index contributed by atoms with van der Waals surface area (Å²) < 4.78 is 4.71. The van der Waals surface area contributed by atoms with Gasteiger partial charge in [0.1, 0.15) is 6.61 Å². The van der Waals surface area contributed by atoms with Gasteiger partial charge in [0.25, 0.3) is 0 Å². The molecule has 1 aromatic carbocycles. The molecule has 1 fully saturated rings. The van der Waals surface area contributed by atoms with Crippen LogP contribution in [0.15, 0.2) is 18.2 Å². The number of carboxylic acids is 1. The number of cyclic esters (lactones) is 1. The highest BCUT2D eigenvalue weighted by Gasteiger charge is 2.37. The first kappa shape index (κ1) is 13.0. The van der Waals surface area contributed by atoms with E-state index in [-0.39, 0.29) is 13.2 Å². The van der Waals surface area contributed by atoms with Crippen LogP contribution in [-0.4, -0.2) is 34.7 Å². The molecule has 1 aliphatic rings. The summed E-state index contributed by atoms with van der Waals surface area (Å²) in [5.74, 6) is -1.10. The molecule has 1 aliphatic heterocycles. The fourth-order valence-corrected chi connectivity index (χ4v) is 2.30. The van der Waals surface area contributed by atoms with Crippen molar-refractivity contribution in [2.24, 2.45) is 0 Å². The predicted octanol–water partition coefficient (Wildman–Crippen LogP) is 2.40. The fourth-order valence-electron chi connectivity index (χ4n) is 1.73. The van der Waals surface area contributed by atoms with Gasteiger partial charge in [-0.25, -0.2) is 9.59 Å². The van der Waals surface area contributed by atoms with Crippen LogP contribution in [0.2, 0.25) is 10.0 Å². The first-order valence-corrected chi connectivity index (χ1v) is 5.84. The first-order chi connectivity index (χ1) is 8.47. The Labute approximate surface area is 113 Å². The Balaban J connectivity index is 2.21. The summed E-state index contributed by atoms with van der Waals surface area (Å²) >= 11 is 11.7. The van der Waals surface area contributed by atoms with Gasteiger partial charge >= 0.3 is 12.1 Å². The van der Waals surface area contributed by atoms with Gasteiger partial charge < -0.3 is 9.84 Å². The number of amides is 1. The van der Waals surface area contributed by atoms with E-state index in [4.69, 9.17) is 33.0 Å². The molecule has 1 N–H and O–H groups in total. The third-order valence-electron chi connectivity index (χ3n) is 2.54. The summed E-state index contributed by atoms with van der Waals surface area (Å²) in [5, 5.41) is 9.82. The zero-order valence-electron chi connectivity index (χ0n) is 9.10. The van der Waals surface area contributed by atoms with Crippen molar-refractivity contribution < 1.29 is 19.4 Å². The minimum Gasteiger partial charge on any atom is -0.480 e. The molecule has 1 unspecified atom stereocenters. The van der Waals surface area contributed by atoms with Gasteiger partial charge in [-0.1, -0.05) is 23.2 Å². The molecule has 1 heterocycles. The third-order valence-corrected chi connectivity index (χ3v) is 2.97. The van der Waals surface area contributed by atoms with Gasteiger partial charge in [0.05, 0.1) is 6.54 Å². The molecule has 2 rings (SSSR count). The van der Waals surface area contributed by atoms with Gasteiger partial charge in [0.2, 0.25) is 0 Å². The number of carbonyl (C=O) groups is 2. The molecule has 1 amide bonds. The predicted molar refractivity (Wildman–Crippen MR) is 64.8 cm³/mol. The normalized spacial score (nSPS) is 18.9. The van der Waals surface area contributed by atoms with Crippen LogP contribution in [0.5, 0.6) is 0 Å². The van der Waals surface area contributed by atoms with E-state index in [1.807, 2.05) is 0 Å². The molecule has 0 saturated carbocycles. The number of nitrogens with zero attached hydrogens (tertiary/aromatic N) is 1. The Kier molecular flexibility index (Phi) is 3.63. The van der Waals surface area contributed by atoms with E-state index in [1.54, 1.807) is 18.2 Å². The van der Waals surface area contributed by atoms with Crippen LogP contribution in [0, 0.1) is 0 Å². The van der Waals surface area contributed by atoms with Gasteiger partial charge in [-0.15, -0.1) is 0 Å². The maximum atomic E-state index is 11.4. The average Bonchev–Trinajstić information content (AvgIpc) is 2.59. The van der Waals surface area contributed by atoms with Crippen molar-refractivity contribution >= 4 is 35.3 Å². The van der Waals surface area contributed by atoms with E-state index in [1.165, 1.54) is 0 Å².